The van der Waals surface area contributed by atoms with Crippen molar-refractivity contribution in [2.75, 3.05) is 32.8 Å². The highest BCUT2D eigenvalue weighted by Gasteiger charge is 2.24. The van der Waals surface area contributed by atoms with Crippen molar-refractivity contribution in [2.45, 2.75) is 26.4 Å². The molecule has 0 saturated carbocycles. The maximum atomic E-state index is 5.48. The largest absolute Gasteiger partial charge is 0.380 e. The van der Waals surface area contributed by atoms with E-state index in [-0.39, 0.29) is 0 Å². The molecule has 0 aromatic heterocycles. The van der Waals surface area contributed by atoms with Crippen molar-refractivity contribution in [2.24, 2.45) is 0 Å². The molecule has 3 heteroatoms. The Morgan fingerprint density at radius 2 is 2.17 bits per heavy atom. The number of likely N-dealkylation sites (N-methyl/N-ethyl adjacent to an activating group) is 1. The van der Waals surface area contributed by atoms with Crippen LogP contribution in [0.2, 0.25) is 0 Å². The maximum Gasteiger partial charge on any atom is 0.0593 e. The minimum absolute atomic E-state index is 0.486. The van der Waals surface area contributed by atoms with E-state index in [1.165, 1.54) is 11.1 Å². The molecule has 3 nitrogen and oxygen atoms in total. The summed E-state index contributed by atoms with van der Waals surface area (Å²) in [6.07, 6.45) is 0. The SMILES string of the molecule is CCOCCN(CC)C1CNCc2ccccc21. The lowest BCUT2D eigenvalue weighted by molar-refractivity contribution is 0.0940. The van der Waals surface area contributed by atoms with Gasteiger partial charge in [0.05, 0.1) is 6.61 Å². The van der Waals surface area contributed by atoms with E-state index >= 15 is 0 Å². The van der Waals surface area contributed by atoms with Crippen molar-refractivity contribution >= 4 is 0 Å². The quantitative estimate of drug-likeness (QED) is 0.781. The molecule has 18 heavy (non-hydrogen) atoms. The van der Waals surface area contributed by atoms with E-state index in [4.69, 9.17) is 4.74 Å². The topological polar surface area (TPSA) is 24.5 Å². The van der Waals surface area contributed by atoms with Crippen LogP contribution in [0.15, 0.2) is 24.3 Å². The van der Waals surface area contributed by atoms with Gasteiger partial charge in [0.2, 0.25) is 0 Å². The zero-order chi connectivity index (χ0) is 12.8. The molecule has 0 radical (unpaired) electrons. The minimum atomic E-state index is 0.486. The fourth-order valence-electron chi connectivity index (χ4n) is 2.66. The summed E-state index contributed by atoms with van der Waals surface area (Å²) in [5.41, 5.74) is 2.92. The first-order chi connectivity index (χ1) is 8.86. The number of nitrogens with zero attached hydrogens (tertiary/aromatic N) is 1. The van der Waals surface area contributed by atoms with Crippen molar-refractivity contribution in [3.63, 3.8) is 0 Å². The molecular formula is C15H24N2O. The van der Waals surface area contributed by atoms with Gasteiger partial charge in [-0.1, -0.05) is 31.2 Å². The molecule has 1 unspecified atom stereocenters. The normalized spacial score (nSPS) is 18.9. The monoisotopic (exact) mass is 248 g/mol. The Morgan fingerprint density at radius 1 is 1.33 bits per heavy atom. The minimum Gasteiger partial charge on any atom is -0.380 e. The summed E-state index contributed by atoms with van der Waals surface area (Å²) in [7, 11) is 0. The summed E-state index contributed by atoms with van der Waals surface area (Å²) in [6, 6.07) is 9.25. The van der Waals surface area contributed by atoms with Gasteiger partial charge >= 0.3 is 0 Å². The number of hydrogen-bond donors (Lipinski definition) is 1. The molecule has 0 aliphatic carbocycles. The first kappa shape index (κ1) is 13.5. The molecule has 0 spiro atoms. The fraction of sp³-hybridized carbons (Fsp3) is 0.600. The number of rotatable bonds is 6. The summed E-state index contributed by atoms with van der Waals surface area (Å²) < 4.78 is 5.48. The number of benzene rings is 1. The standard InChI is InChI=1S/C15H24N2O/c1-3-17(9-10-18-4-2)15-12-16-11-13-7-5-6-8-14(13)15/h5-8,15-16H,3-4,9-12H2,1-2H3. The summed E-state index contributed by atoms with van der Waals surface area (Å²) in [4.78, 5) is 2.50. The first-order valence-corrected chi connectivity index (χ1v) is 6.97. The molecule has 1 atom stereocenters. The van der Waals surface area contributed by atoms with Crippen LogP contribution in [0.1, 0.15) is 31.0 Å². The van der Waals surface area contributed by atoms with Crippen molar-refractivity contribution in [3.8, 4) is 0 Å². The molecule has 1 aliphatic heterocycles. The van der Waals surface area contributed by atoms with Crippen LogP contribution in [0.25, 0.3) is 0 Å². The molecule has 1 aromatic carbocycles. The van der Waals surface area contributed by atoms with E-state index in [9.17, 15) is 0 Å². The number of fused-ring (bicyclic) bond motifs is 1. The molecule has 2 rings (SSSR count). The van der Waals surface area contributed by atoms with Crippen molar-refractivity contribution in [1.29, 1.82) is 0 Å². The lowest BCUT2D eigenvalue weighted by Gasteiger charge is -2.35. The summed E-state index contributed by atoms with van der Waals surface area (Å²) >= 11 is 0. The van der Waals surface area contributed by atoms with E-state index < -0.39 is 0 Å². The molecule has 1 aliphatic rings. The van der Waals surface area contributed by atoms with Crippen molar-refractivity contribution in [3.05, 3.63) is 35.4 Å². The maximum absolute atomic E-state index is 5.48. The Labute approximate surface area is 110 Å². The Hall–Kier alpha value is -0.900. The number of ether oxygens (including phenoxy) is 1. The van der Waals surface area contributed by atoms with Gasteiger partial charge in [0.1, 0.15) is 0 Å². The Morgan fingerprint density at radius 3 is 2.94 bits per heavy atom. The van der Waals surface area contributed by atoms with Crippen LogP contribution in [0.4, 0.5) is 0 Å². The van der Waals surface area contributed by atoms with Crippen LogP contribution in [-0.2, 0) is 11.3 Å². The van der Waals surface area contributed by atoms with Gasteiger partial charge in [-0.3, -0.25) is 4.90 Å². The van der Waals surface area contributed by atoms with E-state index in [0.717, 1.165) is 39.4 Å². The molecule has 0 saturated heterocycles. The molecule has 1 heterocycles. The molecule has 0 fully saturated rings. The first-order valence-electron chi connectivity index (χ1n) is 6.97. The smallest absolute Gasteiger partial charge is 0.0593 e. The molecule has 1 aromatic rings. The molecular weight excluding hydrogens is 224 g/mol. The predicted molar refractivity (Wildman–Crippen MR) is 74.6 cm³/mol. The Kier molecular flexibility index (Phi) is 5.17. The fourth-order valence-corrected chi connectivity index (χ4v) is 2.66. The van der Waals surface area contributed by atoms with E-state index in [1.54, 1.807) is 0 Å². The zero-order valence-corrected chi connectivity index (χ0v) is 11.5. The van der Waals surface area contributed by atoms with Crippen LogP contribution >= 0.6 is 0 Å². The van der Waals surface area contributed by atoms with E-state index in [2.05, 4.69) is 41.4 Å². The zero-order valence-electron chi connectivity index (χ0n) is 11.5. The van der Waals surface area contributed by atoms with Crippen LogP contribution in [0, 0.1) is 0 Å². The lowest BCUT2D eigenvalue weighted by atomic mass is 9.95. The molecule has 0 bridgehead atoms. The van der Waals surface area contributed by atoms with Gasteiger partial charge < -0.3 is 10.1 Å². The van der Waals surface area contributed by atoms with Gasteiger partial charge in [-0.15, -0.1) is 0 Å². The third-order valence-electron chi connectivity index (χ3n) is 3.64. The summed E-state index contributed by atoms with van der Waals surface area (Å²) in [6.45, 7) is 10.0. The van der Waals surface area contributed by atoms with Gasteiger partial charge in [-0.05, 0) is 24.6 Å². The summed E-state index contributed by atoms with van der Waals surface area (Å²) in [5, 5.41) is 3.51. The summed E-state index contributed by atoms with van der Waals surface area (Å²) in [5.74, 6) is 0. The van der Waals surface area contributed by atoms with E-state index in [0.29, 0.717) is 6.04 Å². The van der Waals surface area contributed by atoms with Gasteiger partial charge in [0.15, 0.2) is 0 Å². The average molecular weight is 248 g/mol. The highest BCUT2D eigenvalue weighted by Crippen LogP contribution is 2.26. The predicted octanol–water partition coefficient (Wildman–Crippen LogP) is 2.19. The highest BCUT2D eigenvalue weighted by molar-refractivity contribution is 5.32. The second-order valence-electron chi connectivity index (χ2n) is 4.67. The number of nitrogens with one attached hydrogen (secondary N) is 1. The van der Waals surface area contributed by atoms with Crippen LogP contribution in [0.5, 0.6) is 0 Å². The van der Waals surface area contributed by atoms with Crippen molar-refractivity contribution in [1.82, 2.24) is 10.2 Å². The molecule has 100 valence electrons. The van der Waals surface area contributed by atoms with Gasteiger partial charge in [0.25, 0.3) is 0 Å². The second kappa shape index (κ2) is 6.88. The third kappa shape index (κ3) is 3.10. The Balaban J connectivity index is 2.07. The Bertz CT molecular complexity index is 367. The molecule has 1 N–H and O–H groups in total. The average Bonchev–Trinajstić information content (AvgIpc) is 2.43. The van der Waals surface area contributed by atoms with E-state index in [1.807, 2.05) is 6.92 Å². The van der Waals surface area contributed by atoms with Crippen molar-refractivity contribution < 1.29 is 4.74 Å². The van der Waals surface area contributed by atoms with Crippen LogP contribution < -0.4 is 5.32 Å². The van der Waals surface area contributed by atoms with Gasteiger partial charge in [0, 0.05) is 32.3 Å². The van der Waals surface area contributed by atoms with Crippen LogP contribution in [-0.4, -0.2) is 37.7 Å². The highest BCUT2D eigenvalue weighted by atomic mass is 16.5. The van der Waals surface area contributed by atoms with Gasteiger partial charge in [-0.2, -0.15) is 0 Å². The third-order valence-corrected chi connectivity index (χ3v) is 3.64. The second-order valence-corrected chi connectivity index (χ2v) is 4.67. The van der Waals surface area contributed by atoms with Crippen LogP contribution in [0.3, 0.4) is 0 Å². The number of hydrogen-bond acceptors (Lipinski definition) is 3. The lowest BCUT2D eigenvalue weighted by Crippen LogP contribution is -2.41. The van der Waals surface area contributed by atoms with Gasteiger partial charge in [-0.25, -0.2) is 0 Å². The molecule has 0 amide bonds.